The maximum absolute atomic E-state index is 12.3. The summed E-state index contributed by atoms with van der Waals surface area (Å²) in [6, 6.07) is 5.65. The fraction of sp³-hybridized carbons (Fsp3) is 0.467. The third-order valence-electron chi connectivity index (χ3n) is 4.32. The first-order valence-corrected chi connectivity index (χ1v) is 6.81. The maximum Gasteiger partial charge on any atom is 0.236 e. The van der Waals surface area contributed by atoms with Crippen molar-refractivity contribution in [2.24, 2.45) is 5.73 Å². The Labute approximate surface area is 118 Å². The summed E-state index contributed by atoms with van der Waals surface area (Å²) in [6.45, 7) is 4.37. The molecule has 1 unspecified atom stereocenters. The average Bonchev–Trinajstić information content (AvgIpc) is 2.82. The summed E-state index contributed by atoms with van der Waals surface area (Å²) in [5.41, 5.74) is 8.00. The highest BCUT2D eigenvalue weighted by Gasteiger charge is 2.42. The van der Waals surface area contributed by atoms with Gasteiger partial charge in [-0.15, -0.1) is 0 Å². The number of hydrogen-bond acceptors (Lipinski definition) is 3. The zero-order chi connectivity index (χ0) is 14.7. The van der Waals surface area contributed by atoms with E-state index >= 15 is 0 Å². The molecule has 5 nitrogen and oxygen atoms in total. The van der Waals surface area contributed by atoms with Crippen molar-refractivity contribution in [2.45, 2.75) is 31.7 Å². The lowest BCUT2D eigenvalue weighted by molar-refractivity contribution is -0.121. The molecule has 5 heteroatoms. The average molecular weight is 273 g/mol. The van der Waals surface area contributed by atoms with E-state index in [1.54, 1.807) is 16.8 Å². The molecule has 1 aromatic rings. The molecule has 1 fully saturated rings. The van der Waals surface area contributed by atoms with E-state index in [0.717, 1.165) is 16.9 Å². The summed E-state index contributed by atoms with van der Waals surface area (Å²) in [5.74, 6) is 0.127. The van der Waals surface area contributed by atoms with E-state index in [0.29, 0.717) is 13.0 Å². The molecule has 2 heterocycles. The molecule has 0 bridgehead atoms. The predicted molar refractivity (Wildman–Crippen MR) is 77.8 cm³/mol. The number of carbonyl (C=O) groups is 2. The van der Waals surface area contributed by atoms with Crippen LogP contribution in [0.5, 0.6) is 0 Å². The van der Waals surface area contributed by atoms with Crippen molar-refractivity contribution >= 4 is 23.2 Å². The third-order valence-corrected chi connectivity index (χ3v) is 4.32. The lowest BCUT2D eigenvalue weighted by Gasteiger charge is -2.20. The quantitative estimate of drug-likeness (QED) is 0.830. The predicted octanol–water partition coefficient (Wildman–Crippen LogP) is 1.00. The molecule has 2 aliphatic heterocycles. The fourth-order valence-electron chi connectivity index (χ4n) is 3.11. The number of nitrogens with two attached hydrogens (primary N) is 1. The van der Waals surface area contributed by atoms with Crippen LogP contribution in [-0.2, 0) is 15.0 Å². The highest BCUT2D eigenvalue weighted by atomic mass is 16.2. The number of fused-ring (bicyclic) bond motifs is 1. The van der Waals surface area contributed by atoms with Crippen molar-refractivity contribution in [3.63, 3.8) is 0 Å². The van der Waals surface area contributed by atoms with Crippen LogP contribution in [0.1, 0.15) is 25.8 Å². The van der Waals surface area contributed by atoms with Crippen molar-refractivity contribution in [1.29, 1.82) is 0 Å². The maximum atomic E-state index is 12.3. The summed E-state index contributed by atoms with van der Waals surface area (Å²) in [6.07, 6.45) is 0.388. The van der Waals surface area contributed by atoms with Gasteiger partial charge in [-0.25, -0.2) is 0 Å². The van der Waals surface area contributed by atoms with Crippen LogP contribution in [0.4, 0.5) is 11.4 Å². The van der Waals surface area contributed by atoms with Gasteiger partial charge in [-0.3, -0.25) is 9.59 Å². The van der Waals surface area contributed by atoms with Gasteiger partial charge in [-0.1, -0.05) is 0 Å². The molecular formula is C15H19N3O2. The van der Waals surface area contributed by atoms with Gasteiger partial charge < -0.3 is 15.5 Å². The zero-order valence-corrected chi connectivity index (χ0v) is 12.0. The van der Waals surface area contributed by atoms with Gasteiger partial charge in [0.2, 0.25) is 11.8 Å². The molecule has 0 aromatic heterocycles. The van der Waals surface area contributed by atoms with Crippen LogP contribution in [0, 0.1) is 0 Å². The first-order valence-electron chi connectivity index (χ1n) is 6.81. The monoisotopic (exact) mass is 273 g/mol. The standard InChI is InChI=1S/C15H19N3O2/c1-15(2)11-7-10(18-8-9(16)6-13(18)19)4-5-12(11)17(3)14(15)20/h4-5,7,9H,6,8,16H2,1-3H3. The van der Waals surface area contributed by atoms with Gasteiger partial charge in [0, 0.05) is 37.4 Å². The Morgan fingerprint density at radius 1 is 1.30 bits per heavy atom. The second kappa shape index (κ2) is 4.06. The van der Waals surface area contributed by atoms with Crippen molar-refractivity contribution in [3.05, 3.63) is 23.8 Å². The Bertz CT molecular complexity index is 609. The lowest BCUT2D eigenvalue weighted by atomic mass is 9.86. The molecule has 2 N–H and O–H groups in total. The Kier molecular flexibility index (Phi) is 2.66. The molecule has 1 saturated heterocycles. The summed E-state index contributed by atoms with van der Waals surface area (Å²) in [7, 11) is 1.78. The van der Waals surface area contributed by atoms with E-state index in [9.17, 15) is 9.59 Å². The first kappa shape index (κ1) is 13.1. The Morgan fingerprint density at radius 2 is 2.00 bits per heavy atom. The number of hydrogen-bond donors (Lipinski definition) is 1. The first-order chi connectivity index (χ1) is 9.32. The molecule has 2 amide bonds. The molecule has 20 heavy (non-hydrogen) atoms. The van der Waals surface area contributed by atoms with Crippen molar-refractivity contribution < 1.29 is 9.59 Å². The number of likely N-dealkylation sites (N-methyl/N-ethyl adjacent to an activating group) is 1. The number of benzene rings is 1. The SMILES string of the molecule is CN1C(=O)C(C)(C)c2cc(N3CC(N)CC3=O)ccc21. The molecule has 2 aliphatic rings. The number of carbonyl (C=O) groups excluding carboxylic acids is 2. The van der Waals surface area contributed by atoms with Gasteiger partial charge in [0.25, 0.3) is 0 Å². The smallest absolute Gasteiger partial charge is 0.236 e. The van der Waals surface area contributed by atoms with E-state index in [1.807, 2.05) is 32.0 Å². The molecule has 1 atom stereocenters. The van der Waals surface area contributed by atoms with Crippen LogP contribution in [0.15, 0.2) is 18.2 Å². The molecule has 0 saturated carbocycles. The molecule has 0 spiro atoms. The fourth-order valence-corrected chi connectivity index (χ4v) is 3.11. The zero-order valence-electron chi connectivity index (χ0n) is 12.0. The van der Waals surface area contributed by atoms with Crippen LogP contribution in [0.25, 0.3) is 0 Å². The van der Waals surface area contributed by atoms with Gasteiger partial charge in [0.1, 0.15) is 0 Å². The van der Waals surface area contributed by atoms with Gasteiger partial charge in [-0.2, -0.15) is 0 Å². The van der Waals surface area contributed by atoms with Gasteiger partial charge in [0.15, 0.2) is 0 Å². The van der Waals surface area contributed by atoms with E-state index in [1.165, 1.54) is 0 Å². The third kappa shape index (κ3) is 1.66. The van der Waals surface area contributed by atoms with E-state index in [-0.39, 0.29) is 17.9 Å². The summed E-state index contributed by atoms with van der Waals surface area (Å²) in [4.78, 5) is 27.6. The van der Waals surface area contributed by atoms with Gasteiger partial charge >= 0.3 is 0 Å². The number of amides is 2. The lowest BCUT2D eigenvalue weighted by Crippen LogP contribution is -2.33. The number of anilines is 2. The molecular weight excluding hydrogens is 254 g/mol. The van der Waals surface area contributed by atoms with Crippen molar-refractivity contribution in [3.8, 4) is 0 Å². The van der Waals surface area contributed by atoms with Crippen LogP contribution >= 0.6 is 0 Å². The van der Waals surface area contributed by atoms with Gasteiger partial charge in [0.05, 0.1) is 5.41 Å². The number of nitrogens with zero attached hydrogens (tertiary/aromatic N) is 2. The second-order valence-electron chi connectivity index (χ2n) is 6.16. The van der Waals surface area contributed by atoms with E-state index < -0.39 is 5.41 Å². The van der Waals surface area contributed by atoms with Crippen LogP contribution in [-0.4, -0.2) is 31.4 Å². The largest absolute Gasteiger partial charge is 0.326 e. The van der Waals surface area contributed by atoms with E-state index in [4.69, 9.17) is 5.73 Å². The van der Waals surface area contributed by atoms with E-state index in [2.05, 4.69) is 0 Å². The minimum atomic E-state index is -0.551. The summed E-state index contributed by atoms with van der Waals surface area (Å²) < 4.78 is 0. The molecule has 0 radical (unpaired) electrons. The topological polar surface area (TPSA) is 66.6 Å². The minimum absolute atomic E-state index is 0.0490. The van der Waals surface area contributed by atoms with Crippen LogP contribution in [0.2, 0.25) is 0 Å². The Hall–Kier alpha value is -1.88. The Morgan fingerprint density at radius 3 is 2.60 bits per heavy atom. The second-order valence-corrected chi connectivity index (χ2v) is 6.16. The summed E-state index contributed by atoms with van der Waals surface area (Å²) in [5, 5.41) is 0. The molecule has 0 aliphatic carbocycles. The normalized spacial score (nSPS) is 24.5. The Balaban J connectivity index is 2.05. The number of rotatable bonds is 1. The molecule has 1 aromatic carbocycles. The summed E-state index contributed by atoms with van der Waals surface area (Å²) >= 11 is 0. The highest BCUT2D eigenvalue weighted by molar-refractivity contribution is 6.08. The van der Waals surface area contributed by atoms with Gasteiger partial charge in [-0.05, 0) is 37.6 Å². The molecule has 3 rings (SSSR count). The highest BCUT2D eigenvalue weighted by Crippen LogP contribution is 2.42. The van der Waals surface area contributed by atoms with Crippen molar-refractivity contribution in [1.82, 2.24) is 0 Å². The van der Waals surface area contributed by atoms with Crippen LogP contribution < -0.4 is 15.5 Å². The minimum Gasteiger partial charge on any atom is -0.326 e. The van der Waals surface area contributed by atoms with Crippen LogP contribution in [0.3, 0.4) is 0 Å². The molecule has 106 valence electrons. The van der Waals surface area contributed by atoms with Crippen molar-refractivity contribution in [2.75, 3.05) is 23.4 Å².